The molecule has 54 heavy (non-hydrogen) atoms. The van der Waals surface area contributed by atoms with Gasteiger partial charge in [-0.3, -0.25) is 14.9 Å². The van der Waals surface area contributed by atoms with Crippen LogP contribution in [-0.4, -0.2) is 53.7 Å². The van der Waals surface area contributed by atoms with E-state index in [1.54, 1.807) is 37.3 Å². The van der Waals surface area contributed by atoms with Crippen LogP contribution >= 0.6 is 0 Å². The molecule has 2 fully saturated rings. The molecule has 4 unspecified atom stereocenters. The molecule has 3 aromatic carbocycles. The van der Waals surface area contributed by atoms with Gasteiger partial charge in [-0.05, 0) is 84.9 Å². The zero-order valence-electron chi connectivity index (χ0n) is 29.9. The first kappa shape index (κ1) is 40.2. The number of likely N-dealkylation sites (tertiary alicyclic amines) is 1. The van der Waals surface area contributed by atoms with E-state index >= 15 is 13.2 Å². The fourth-order valence-corrected chi connectivity index (χ4v) is 7.59. The van der Waals surface area contributed by atoms with Crippen LogP contribution in [0.5, 0.6) is 0 Å². The van der Waals surface area contributed by atoms with E-state index in [9.17, 15) is 31.9 Å². The van der Waals surface area contributed by atoms with E-state index < -0.39 is 94.2 Å². The van der Waals surface area contributed by atoms with Crippen molar-refractivity contribution in [2.75, 3.05) is 13.1 Å². The molecule has 290 valence electrons. The van der Waals surface area contributed by atoms with E-state index in [1.165, 1.54) is 18.7 Å². The number of benzene rings is 3. The van der Waals surface area contributed by atoms with Crippen LogP contribution < -0.4 is 11.1 Å². The minimum atomic E-state index is -4.89. The summed E-state index contributed by atoms with van der Waals surface area (Å²) in [5.74, 6) is -5.98. The number of rotatable bonds is 7. The van der Waals surface area contributed by atoms with Gasteiger partial charge in [0.2, 0.25) is 5.96 Å². The summed E-state index contributed by atoms with van der Waals surface area (Å²) in [6.07, 6.45) is -8.90. The summed E-state index contributed by atoms with van der Waals surface area (Å²) in [6, 6.07) is 14.3. The number of hydrogen-bond donors (Lipinski definition) is 2. The maximum Gasteiger partial charge on any atom is 0.437 e. The van der Waals surface area contributed by atoms with Crippen LogP contribution in [0.2, 0.25) is 0 Å². The average Bonchev–Trinajstić information content (AvgIpc) is 3.12. The molecule has 1 saturated carbocycles. The Kier molecular flexibility index (Phi) is 11.8. The van der Waals surface area contributed by atoms with Gasteiger partial charge < -0.3 is 15.4 Å². The van der Waals surface area contributed by atoms with E-state index in [0.29, 0.717) is 11.6 Å². The van der Waals surface area contributed by atoms with Gasteiger partial charge in [-0.25, -0.2) is 22.4 Å². The van der Waals surface area contributed by atoms with Crippen molar-refractivity contribution < 1.29 is 49.9 Å². The molecule has 2 aliphatic rings. The average molecular weight is 763 g/mol. The molecule has 5 rings (SSSR count). The quantitative estimate of drug-likeness (QED) is 0.142. The minimum Gasteiger partial charge on any atom is -0.443 e. The van der Waals surface area contributed by atoms with Crippen molar-refractivity contribution in [2.45, 2.75) is 82.7 Å². The number of aliphatic imine (C=N–C) groups is 1. The Morgan fingerprint density at radius 3 is 2.31 bits per heavy atom. The first-order valence-electron chi connectivity index (χ1n) is 17.5. The molecule has 1 saturated heterocycles. The first-order chi connectivity index (χ1) is 25.3. The van der Waals surface area contributed by atoms with E-state index in [2.05, 4.69) is 10.3 Å². The number of amides is 3. The largest absolute Gasteiger partial charge is 0.443 e. The van der Waals surface area contributed by atoms with Crippen molar-refractivity contribution >= 4 is 23.9 Å². The number of nitrogens with two attached hydrogens (primary N) is 1. The monoisotopic (exact) mass is 762 g/mol. The Balaban J connectivity index is 1.31. The van der Waals surface area contributed by atoms with Gasteiger partial charge in [0, 0.05) is 29.8 Å². The predicted octanol–water partition coefficient (Wildman–Crippen LogP) is 8.54. The van der Waals surface area contributed by atoms with Crippen molar-refractivity contribution in [3.63, 3.8) is 0 Å². The number of hydrogen-bond acceptors (Lipinski definition) is 4. The van der Waals surface area contributed by atoms with E-state index in [1.807, 2.05) is 0 Å². The number of carbonyl (C=O) groups is 3. The van der Waals surface area contributed by atoms with E-state index in [0.717, 1.165) is 30.3 Å². The summed E-state index contributed by atoms with van der Waals surface area (Å²) in [4.78, 5) is 43.3. The molecular formula is C39H41F7N4O4. The SMILES string of the molecule is CC1CC(F)C(F)(C(C)C)C(F)(c2cc(F)ccc2C(=O)N2CCC(c3ccc(C(=O)NC(N)=NC(=O)OCc4ccccc4)cc3C(F)(F)F)CC2)C1. The smallest absolute Gasteiger partial charge is 0.437 e. The number of nitrogens with zero attached hydrogens (tertiary/aromatic N) is 2. The van der Waals surface area contributed by atoms with Crippen LogP contribution in [0.1, 0.15) is 95.3 Å². The molecular weight excluding hydrogens is 721 g/mol. The third-order valence-corrected chi connectivity index (χ3v) is 10.3. The van der Waals surface area contributed by atoms with E-state index in [4.69, 9.17) is 10.5 Å². The summed E-state index contributed by atoms with van der Waals surface area (Å²) < 4.78 is 112. The zero-order chi connectivity index (χ0) is 39.6. The highest BCUT2D eigenvalue weighted by Gasteiger charge is 2.65. The van der Waals surface area contributed by atoms with Crippen LogP contribution in [0.15, 0.2) is 71.7 Å². The second kappa shape index (κ2) is 15.8. The first-order valence-corrected chi connectivity index (χ1v) is 17.5. The second-order valence-corrected chi connectivity index (χ2v) is 14.3. The van der Waals surface area contributed by atoms with Crippen LogP contribution in [-0.2, 0) is 23.2 Å². The molecule has 0 spiro atoms. The Hall–Kier alpha value is -4.95. The number of guanidine groups is 1. The van der Waals surface area contributed by atoms with Gasteiger partial charge in [0.05, 0.1) is 5.56 Å². The summed E-state index contributed by atoms with van der Waals surface area (Å²) in [6.45, 7) is 3.91. The standard InChI is InChI=1S/C39H41F7N4O4/c1-22(2)38(43)32(41)17-23(3)20-37(38,42)30-19-27(40)10-12-29(30)34(52)50-15-13-25(14-16-50)28-11-9-26(18-31(28)39(44,45)46)33(51)48-35(47)49-36(53)54-21-24-7-5-4-6-8-24/h4-12,18-19,22-23,25,32H,13-17,20-21H2,1-3H3,(H3,47,48,49,51,53). The highest BCUT2D eigenvalue weighted by molar-refractivity contribution is 6.07. The molecule has 3 aromatic rings. The third-order valence-electron chi connectivity index (χ3n) is 10.3. The predicted molar refractivity (Wildman–Crippen MR) is 186 cm³/mol. The summed E-state index contributed by atoms with van der Waals surface area (Å²) >= 11 is 0. The number of nitrogens with one attached hydrogen (secondary N) is 1. The zero-order valence-corrected chi connectivity index (χ0v) is 29.9. The molecule has 3 amide bonds. The van der Waals surface area contributed by atoms with Crippen molar-refractivity contribution in [3.8, 4) is 0 Å². The van der Waals surface area contributed by atoms with Gasteiger partial charge in [0.1, 0.15) is 18.6 Å². The molecule has 0 radical (unpaired) electrons. The molecule has 8 nitrogen and oxygen atoms in total. The topological polar surface area (TPSA) is 114 Å². The number of alkyl halides is 6. The van der Waals surface area contributed by atoms with Gasteiger partial charge in [0.15, 0.2) is 11.3 Å². The molecule has 3 N–H and O–H groups in total. The lowest BCUT2D eigenvalue weighted by atomic mass is 9.61. The van der Waals surface area contributed by atoms with Crippen LogP contribution in [0.4, 0.5) is 35.5 Å². The maximum absolute atomic E-state index is 17.1. The lowest BCUT2D eigenvalue weighted by Gasteiger charge is -2.50. The number of ether oxygens (including phenoxy) is 1. The van der Waals surface area contributed by atoms with Crippen LogP contribution in [0.25, 0.3) is 0 Å². The fraction of sp³-hybridized carbons (Fsp3) is 0.436. The summed E-state index contributed by atoms with van der Waals surface area (Å²) in [7, 11) is 0. The van der Waals surface area contributed by atoms with Crippen LogP contribution in [0.3, 0.4) is 0 Å². The van der Waals surface area contributed by atoms with Gasteiger partial charge in [-0.15, -0.1) is 4.99 Å². The Labute approximate surface area is 307 Å². The normalized spacial score (nSPS) is 24.0. The van der Waals surface area contributed by atoms with Gasteiger partial charge in [0.25, 0.3) is 11.8 Å². The van der Waals surface area contributed by atoms with Crippen molar-refractivity contribution in [1.82, 2.24) is 10.2 Å². The second-order valence-electron chi connectivity index (χ2n) is 14.3. The lowest BCUT2D eigenvalue weighted by Crippen LogP contribution is -2.60. The molecule has 1 heterocycles. The summed E-state index contributed by atoms with van der Waals surface area (Å²) in [5.41, 5.74) is -2.40. The van der Waals surface area contributed by atoms with Crippen molar-refractivity contribution in [1.29, 1.82) is 0 Å². The molecule has 15 heteroatoms. The van der Waals surface area contributed by atoms with Gasteiger partial charge >= 0.3 is 12.3 Å². The van der Waals surface area contributed by atoms with Crippen molar-refractivity contribution in [3.05, 3.63) is 106 Å². The highest BCUT2D eigenvalue weighted by Crippen LogP contribution is 2.57. The molecule has 1 aliphatic carbocycles. The van der Waals surface area contributed by atoms with Gasteiger partial charge in [-0.1, -0.05) is 57.2 Å². The fourth-order valence-electron chi connectivity index (χ4n) is 7.59. The highest BCUT2D eigenvalue weighted by atomic mass is 19.4. The molecule has 4 atom stereocenters. The minimum absolute atomic E-state index is 0.0327. The number of halogens is 7. The molecule has 1 aliphatic heterocycles. The number of piperidine rings is 1. The Morgan fingerprint density at radius 1 is 1.02 bits per heavy atom. The molecule has 0 bridgehead atoms. The Morgan fingerprint density at radius 2 is 1.69 bits per heavy atom. The summed E-state index contributed by atoms with van der Waals surface area (Å²) in [5, 5.41) is 2.07. The Bertz CT molecular complexity index is 1900. The lowest BCUT2D eigenvalue weighted by molar-refractivity contribution is -0.163. The van der Waals surface area contributed by atoms with Gasteiger partial charge in [-0.2, -0.15) is 13.2 Å². The third kappa shape index (κ3) is 8.24. The number of carbonyl (C=O) groups excluding carboxylic acids is 3. The van der Waals surface area contributed by atoms with Crippen LogP contribution in [0, 0.1) is 17.7 Å². The van der Waals surface area contributed by atoms with Crippen molar-refractivity contribution in [2.24, 2.45) is 22.6 Å². The molecule has 0 aromatic heterocycles. The maximum atomic E-state index is 17.1. The van der Waals surface area contributed by atoms with E-state index in [-0.39, 0.29) is 50.1 Å².